The van der Waals surface area contributed by atoms with Crippen molar-refractivity contribution < 1.29 is 9.21 Å². The lowest BCUT2D eigenvalue weighted by Gasteiger charge is -2.08. The summed E-state index contributed by atoms with van der Waals surface area (Å²) in [5.41, 5.74) is 0.736. The Morgan fingerprint density at radius 3 is 2.85 bits per heavy atom. The molecule has 1 aromatic carbocycles. The zero-order valence-corrected chi connectivity index (χ0v) is 17.8. The molecule has 2 heterocycles. The number of rotatable bonds is 7. The van der Waals surface area contributed by atoms with Crippen LogP contribution < -0.4 is 10.6 Å². The van der Waals surface area contributed by atoms with Crippen molar-refractivity contribution in [3.63, 3.8) is 0 Å². The minimum absolute atomic E-state index is 0. The van der Waals surface area contributed by atoms with Crippen LogP contribution in [0.3, 0.4) is 0 Å². The normalized spacial score (nSPS) is 15.7. The van der Waals surface area contributed by atoms with E-state index in [9.17, 15) is 4.79 Å². The molecule has 1 atom stereocenters. The highest BCUT2D eigenvalue weighted by molar-refractivity contribution is 6.36. The Kier molecular flexibility index (Phi) is 10.5. The van der Waals surface area contributed by atoms with Gasteiger partial charge in [-0.1, -0.05) is 23.2 Å². The highest BCUT2D eigenvalue weighted by Crippen LogP contribution is 2.30. The number of carbonyl (C=O) groups is 1. The van der Waals surface area contributed by atoms with Gasteiger partial charge in [0, 0.05) is 30.0 Å². The number of amides is 1. The van der Waals surface area contributed by atoms with Gasteiger partial charge in [-0.25, -0.2) is 4.98 Å². The molecule has 0 saturated carbocycles. The molecule has 2 aromatic rings. The molecule has 1 saturated heterocycles. The second-order valence-corrected chi connectivity index (χ2v) is 7.08. The van der Waals surface area contributed by atoms with E-state index in [2.05, 4.69) is 15.6 Å². The summed E-state index contributed by atoms with van der Waals surface area (Å²) in [5, 5.41) is 7.37. The van der Waals surface area contributed by atoms with Crippen LogP contribution in [-0.4, -0.2) is 30.5 Å². The monoisotopic (exact) mass is 453 g/mol. The number of benzene rings is 1. The van der Waals surface area contributed by atoms with E-state index in [0.717, 1.165) is 31.6 Å². The highest BCUT2D eigenvalue weighted by atomic mass is 35.5. The molecule has 0 spiro atoms. The zero-order valence-electron chi connectivity index (χ0n) is 14.7. The fraction of sp³-hybridized carbons (Fsp3) is 0.444. The topological polar surface area (TPSA) is 67.2 Å². The maximum atomic E-state index is 11.9. The van der Waals surface area contributed by atoms with Gasteiger partial charge in [0.1, 0.15) is 0 Å². The number of nitrogens with zero attached hydrogens (tertiary/aromatic N) is 1. The number of nitrogens with one attached hydrogen (secondary N) is 2. The van der Waals surface area contributed by atoms with Gasteiger partial charge in [-0.15, -0.1) is 24.8 Å². The fourth-order valence-electron chi connectivity index (χ4n) is 2.93. The van der Waals surface area contributed by atoms with E-state index >= 15 is 0 Å². The average Bonchev–Trinajstić information content (AvgIpc) is 3.25. The van der Waals surface area contributed by atoms with Gasteiger partial charge in [-0.3, -0.25) is 4.79 Å². The summed E-state index contributed by atoms with van der Waals surface area (Å²) >= 11 is 12.1. The van der Waals surface area contributed by atoms with E-state index in [1.54, 1.807) is 24.4 Å². The molecule has 1 amide bonds. The molecule has 1 aromatic heterocycles. The van der Waals surface area contributed by atoms with Gasteiger partial charge in [0.15, 0.2) is 11.7 Å². The van der Waals surface area contributed by atoms with Crippen molar-refractivity contribution in [3.8, 4) is 11.3 Å². The average molecular weight is 455 g/mol. The van der Waals surface area contributed by atoms with E-state index in [-0.39, 0.29) is 30.7 Å². The Balaban J connectivity index is 0.00000182. The summed E-state index contributed by atoms with van der Waals surface area (Å²) in [6, 6.07) is 5.20. The van der Waals surface area contributed by atoms with Crippen molar-refractivity contribution in [3.05, 3.63) is 40.3 Å². The largest absolute Gasteiger partial charge is 0.441 e. The third-order valence-corrected chi connectivity index (χ3v) is 4.90. The first-order valence-corrected chi connectivity index (χ1v) is 9.25. The van der Waals surface area contributed by atoms with E-state index in [0.29, 0.717) is 40.5 Å². The van der Waals surface area contributed by atoms with Crippen LogP contribution in [0.5, 0.6) is 0 Å². The lowest BCUT2D eigenvalue weighted by atomic mass is 10.1. The van der Waals surface area contributed by atoms with Gasteiger partial charge in [-0.05, 0) is 50.0 Å². The van der Waals surface area contributed by atoms with Gasteiger partial charge >= 0.3 is 0 Å². The Bertz CT molecular complexity index is 733. The van der Waals surface area contributed by atoms with Gasteiger partial charge in [-0.2, -0.15) is 0 Å². The first-order valence-electron chi connectivity index (χ1n) is 8.49. The lowest BCUT2D eigenvalue weighted by molar-refractivity contribution is -0.121. The van der Waals surface area contributed by atoms with Gasteiger partial charge in [0.2, 0.25) is 5.91 Å². The minimum Gasteiger partial charge on any atom is -0.441 e. The second-order valence-electron chi connectivity index (χ2n) is 6.24. The third-order valence-electron chi connectivity index (χ3n) is 4.35. The molecule has 1 fully saturated rings. The third kappa shape index (κ3) is 7.16. The van der Waals surface area contributed by atoms with Crippen molar-refractivity contribution in [2.45, 2.75) is 25.7 Å². The molecule has 2 N–H and O–H groups in total. The second kappa shape index (κ2) is 11.8. The van der Waals surface area contributed by atoms with Crippen LogP contribution in [0.1, 0.15) is 25.2 Å². The number of halogens is 4. The molecule has 0 bridgehead atoms. The SMILES string of the molecule is Cl.Cl.O=C(CCc1ncc(-c2ccc(Cl)cc2Cl)o1)NCCC1CCNC1. The molecule has 3 rings (SSSR count). The number of carbonyl (C=O) groups excluding carboxylic acids is 1. The predicted octanol–water partition coefficient (Wildman–Crippen LogP) is 4.54. The summed E-state index contributed by atoms with van der Waals surface area (Å²) < 4.78 is 5.70. The summed E-state index contributed by atoms with van der Waals surface area (Å²) in [5.74, 6) is 1.80. The Morgan fingerprint density at radius 1 is 1.33 bits per heavy atom. The van der Waals surface area contributed by atoms with Crippen LogP contribution in [0.25, 0.3) is 11.3 Å². The zero-order chi connectivity index (χ0) is 17.6. The van der Waals surface area contributed by atoms with E-state index < -0.39 is 0 Å². The van der Waals surface area contributed by atoms with Crippen molar-refractivity contribution in [2.24, 2.45) is 5.92 Å². The highest BCUT2D eigenvalue weighted by Gasteiger charge is 2.15. The number of aromatic nitrogens is 1. The van der Waals surface area contributed by atoms with Crippen molar-refractivity contribution in [1.82, 2.24) is 15.6 Å². The van der Waals surface area contributed by atoms with E-state index in [1.165, 1.54) is 6.42 Å². The molecule has 27 heavy (non-hydrogen) atoms. The minimum atomic E-state index is 0. The van der Waals surface area contributed by atoms with E-state index in [1.807, 2.05) is 0 Å². The van der Waals surface area contributed by atoms with Crippen molar-refractivity contribution in [1.29, 1.82) is 0 Å². The van der Waals surface area contributed by atoms with Crippen LogP contribution in [0, 0.1) is 5.92 Å². The summed E-state index contributed by atoms with van der Waals surface area (Å²) in [7, 11) is 0. The number of hydrogen-bond acceptors (Lipinski definition) is 4. The first kappa shape index (κ1) is 24.1. The summed E-state index contributed by atoms with van der Waals surface area (Å²) in [6.07, 6.45) is 4.66. The Labute approximate surface area is 181 Å². The standard InChI is InChI=1S/C18H21Cl2N3O2.2ClH/c19-13-1-2-14(15(20)9-13)16-11-23-18(25-16)4-3-17(24)22-8-6-12-5-7-21-10-12;;/h1-2,9,11-12,21H,3-8,10H2,(H,22,24);2*1H. The molecule has 1 aliphatic heterocycles. The number of hydrogen-bond donors (Lipinski definition) is 2. The predicted molar refractivity (Wildman–Crippen MR) is 113 cm³/mol. The summed E-state index contributed by atoms with van der Waals surface area (Å²) in [6.45, 7) is 2.87. The van der Waals surface area contributed by atoms with Crippen molar-refractivity contribution >= 4 is 53.9 Å². The smallest absolute Gasteiger partial charge is 0.220 e. The molecule has 0 radical (unpaired) electrons. The number of aryl methyl sites for hydroxylation is 1. The maximum Gasteiger partial charge on any atom is 0.220 e. The van der Waals surface area contributed by atoms with Crippen LogP contribution in [0.4, 0.5) is 0 Å². The molecular formula is C18H23Cl4N3O2. The first-order chi connectivity index (χ1) is 12.1. The van der Waals surface area contributed by atoms with E-state index in [4.69, 9.17) is 27.6 Å². The molecule has 1 unspecified atom stereocenters. The lowest BCUT2D eigenvalue weighted by Crippen LogP contribution is -2.26. The Morgan fingerprint density at radius 2 is 2.15 bits per heavy atom. The summed E-state index contributed by atoms with van der Waals surface area (Å²) in [4.78, 5) is 16.2. The van der Waals surface area contributed by atoms with Crippen molar-refractivity contribution in [2.75, 3.05) is 19.6 Å². The molecule has 150 valence electrons. The van der Waals surface area contributed by atoms with Gasteiger partial charge in [0.25, 0.3) is 0 Å². The number of oxazole rings is 1. The molecule has 0 aliphatic carbocycles. The van der Waals surface area contributed by atoms with Gasteiger partial charge in [0.05, 0.1) is 11.2 Å². The molecule has 9 heteroatoms. The molecule has 1 aliphatic rings. The molecule has 5 nitrogen and oxygen atoms in total. The maximum absolute atomic E-state index is 11.9. The fourth-order valence-corrected chi connectivity index (χ4v) is 3.43. The van der Waals surface area contributed by atoms with Crippen LogP contribution >= 0.6 is 48.0 Å². The van der Waals surface area contributed by atoms with Crippen LogP contribution in [0.2, 0.25) is 10.0 Å². The quantitative estimate of drug-likeness (QED) is 0.644. The molecular weight excluding hydrogens is 432 g/mol. The van der Waals surface area contributed by atoms with Crippen LogP contribution in [-0.2, 0) is 11.2 Å². The van der Waals surface area contributed by atoms with Gasteiger partial charge < -0.3 is 15.1 Å². The Hall–Kier alpha value is -0.980. The van der Waals surface area contributed by atoms with Crippen LogP contribution in [0.15, 0.2) is 28.8 Å².